The van der Waals surface area contributed by atoms with E-state index < -0.39 is 16.6 Å². The van der Waals surface area contributed by atoms with Crippen LogP contribution < -0.4 is 0 Å². The normalized spacial score (nSPS) is 17.7. The molecule has 0 saturated heterocycles. The minimum absolute atomic E-state index is 0. The molecule has 7 heteroatoms. The van der Waals surface area contributed by atoms with Gasteiger partial charge in [0.05, 0.1) is 12.2 Å². The van der Waals surface area contributed by atoms with Gasteiger partial charge < -0.3 is 19.8 Å². The monoisotopic (exact) mass is 596 g/mol. The summed E-state index contributed by atoms with van der Waals surface area (Å²) in [4.78, 5) is 20.8. The van der Waals surface area contributed by atoms with Gasteiger partial charge in [-0.05, 0) is 58.9 Å². The van der Waals surface area contributed by atoms with Crippen molar-refractivity contribution in [2.75, 3.05) is 0 Å². The molecule has 0 aromatic carbocycles. The van der Waals surface area contributed by atoms with E-state index in [1.54, 1.807) is 0 Å². The van der Waals surface area contributed by atoms with Crippen molar-refractivity contribution in [2.45, 2.75) is 193 Å². The largest absolute Gasteiger partial charge is 0.431 e. The van der Waals surface area contributed by atoms with Crippen LogP contribution in [0.4, 0.5) is 0 Å². The zero-order chi connectivity index (χ0) is 28.7. The Kier molecular flexibility index (Phi) is 24.9. The van der Waals surface area contributed by atoms with Crippen LogP contribution in [0.2, 0.25) is 33.2 Å². The summed E-state index contributed by atoms with van der Waals surface area (Å²) in [7, 11) is -3.96. The average Bonchev–Trinajstić information content (AvgIpc) is 2.79. The molecule has 0 radical (unpaired) electrons. The molecule has 37 heavy (non-hydrogen) atoms. The van der Waals surface area contributed by atoms with Gasteiger partial charge in [-0.25, -0.2) is 0 Å². The Morgan fingerprint density at radius 2 is 0.568 bits per heavy atom. The summed E-state index contributed by atoms with van der Waals surface area (Å²) in [5.74, 6) is 0. The SMILES string of the molecule is CC(C)[Si](O)(C(C)C)C(C)C.CC(C)[Si](O)(C(C)C)C(C)C.OC1CCCCC1.OC1CCCCC1.[Ti]. The zero-order valence-electron chi connectivity index (χ0n) is 27.0. The summed E-state index contributed by atoms with van der Waals surface area (Å²) in [5.41, 5.74) is 2.85. The van der Waals surface area contributed by atoms with Gasteiger partial charge in [0.15, 0.2) is 16.6 Å². The van der Waals surface area contributed by atoms with Gasteiger partial charge in [0.2, 0.25) is 0 Å². The molecule has 0 spiro atoms. The third-order valence-corrected chi connectivity index (χ3v) is 19.8. The van der Waals surface area contributed by atoms with Gasteiger partial charge in [-0.2, -0.15) is 0 Å². The first-order chi connectivity index (χ1) is 16.4. The van der Waals surface area contributed by atoms with Gasteiger partial charge in [-0.1, -0.05) is 122 Å². The third kappa shape index (κ3) is 16.1. The van der Waals surface area contributed by atoms with Crippen molar-refractivity contribution in [1.82, 2.24) is 0 Å². The molecule has 2 fully saturated rings. The van der Waals surface area contributed by atoms with Crippen molar-refractivity contribution < 1.29 is 41.5 Å². The predicted molar refractivity (Wildman–Crippen MR) is 165 cm³/mol. The summed E-state index contributed by atoms with van der Waals surface area (Å²) < 4.78 is 0. The maximum absolute atomic E-state index is 10.4. The number of rotatable bonds is 6. The molecule has 0 aromatic heterocycles. The van der Waals surface area contributed by atoms with E-state index in [9.17, 15) is 9.59 Å². The third-order valence-electron chi connectivity index (χ3n) is 8.70. The van der Waals surface area contributed by atoms with E-state index in [4.69, 9.17) is 10.2 Å². The topological polar surface area (TPSA) is 80.9 Å². The predicted octanol–water partition coefficient (Wildman–Crippen LogP) is 8.93. The second-order valence-corrected chi connectivity index (χ2v) is 23.8. The van der Waals surface area contributed by atoms with Gasteiger partial charge >= 0.3 is 0 Å². The molecular weight excluding hydrogens is 528 g/mol. The quantitative estimate of drug-likeness (QED) is 0.231. The van der Waals surface area contributed by atoms with Crippen molar-refractivity contribution in [1.29, 1.82) is 0 Å². The number of hydrogen-bond acceptors (Lipinski definition) is 4. The second-order valence-electron chi connectivity index (χ2n) is 13.3. The first-order valence-electron chi connectivity index (χ1n) is 15.3. The van der Waals surface area contributed by atoms with Crippen molar-refractivity contribution in [3.8, 4) is 0 Å². The van der Waals surface area contributed by atoms with Crippen LogP contribution >= 0.6 is 0 Å². The van der Waals surface area contributed by atoms with Crippen LogP contribution in [-0.4, -0.2) is 48.6 Å². The molecule has 2 saturated carbocycles. The van der Waals surface area contributed by atoms with Gasteiger partial charge in [-0.15, -0.1) is 0 Å². The van der Waals surface area contributed by atoms with E-state index in [2.05, 4.69) is 83.1 Å². The van der Waals surface area contributed by atoms with E-state index in [-0.39, 0.29) is 33.9 Å². The molecule has 0 aliphatic heterocycles. The Labute approximate surface area is 250 Å². The zero-order valence-corrected chi connectivity index (χ0v) is 30.5. The fourth-order valence-corrected chi connectivity index (χ4v) is 14.2. The molecule has 0 unspecified atom stereocenters. The second kappa shape index (κ2) is 21.7. The summed E-state index contributed by atoms with van der Waals surface area (Å²) in [6, 6.07) is 0. The molecule has 2 aliphatic carbocycles. The molecule has 0 amide bonds. The van der Waals surface area contributed by atoms with Crippen LogP contribution in [0.25, 0.3) is 0 Å². The maximum atomic E-state index is 10.4. The van der Waals surface area contributed by atoms with Crippen molar-refractivity contribution in [3.63, 3.8) is 0 Å². The Balaban J connectivity index is -0.000000420. The molecule has 2 rings (SSSR count). The van der Waals surface area contributed by atoms with Crippen molar-refractivity contribution >= 4 is 16.6 Å². The van der Waals surface area contributed by atoms with E-state index in [0.29, 0.717) is 33.2 Å². The van der Waals surface area contributed by atoms with Crippen molar-refractivity contribution in [3.05, 3.63) is 0 Å². The summed E-state index contributed by atoms with van der Waals surface area (Å²) in [5, 5.41) is 17.8. The standard InChI is InChI=1S/2C9H22OSi.2C6H12O.Ti/c2*1-7(2)11(10,8(3)4)9(5)6;2*7-6-4-2-1-3-5-6;/h2*7-10H,1-6H3;2*6-7H,1-5H2;. The molecule has 224 valence electrons. The molecule has 4 nitrogen and oxygen atoms in total. The molecule has 2 aliphatic rings. The maximum Gasteiger partial charge on any atom is 0.196 e. The first-order valence-corrected chi connectivity index (χ1v) is 19.6. The molecule has 0 atom stereocenters. The average molecular weight is 597 g/mol. The Hall–Kier alpha value is 0.988. The Bertz CT molecular complexity index is 426. The minimum Gasteiger partial charge on any atom is -0.431 e. The number of aliphatic hydroxyl groups excluding tert-OH is 2. The van der Waals surface area contributed by atoms with Crippen LogP contribution in [0, 0.1) is 0 Å². The fourth-order valence-electron chi connectivity index (χ4n) is 6.16. The minimum atomic E-state index is -1.98. The van der Waals surface area contributed by atoms with Crippen LogP contribution in [0.1, 0.15) is 147 Å². The number of aliphatic hydroxyl groups is 2. The summed E-state index contributed by atoms with van der Waals surface area (Å²) >= 11 is 0. The van der Waals surface area contributed by atoms with Crippen LogP contribution in [-0.2, 0) is 21.7 Å². The van der Waals surface area contributed by atoms with E-state index >= 15 is 0 Å². The van der Waals surface area contributed by atoms with Crippen LogP contribution in [0.3, 0.4) is 0 Å². The van der Waals surface area contributed by atoms with E-state index in [0.717, 1.165) is 25.7 Å². The van der Waals surface area contributed by atoms with Crippen LogP contribution in [0.15, 0.2) is 0 Å². The fraction of sp³-hybridized carbons (Fsp3) is 1.00. The van der Waals surface area contributed by atoms with E-state index in [1.165, 1.54) is 38.5 Å². The van der Waals surface area contributed by atoms with Gasteiger partial charge in [0.25, 0.3) is 0 Å². The smallest absolute Gasteiger partial charge is 0.196 e. The molecular formula is C30H68O4Si2Ti. The Morgan fingerprint density at radius 1 is 0.405 bits per heavy atom. The Morgan fingerprint density at radius 3 is 0.622 bits per heavy atom. The van der Waals surface area contributed by atoms with Crippen LogP contribution in [0.5, 0.6) is 0 Å². The number of hydrogen-bond donors (Lipinski definition) is 4. The van der Waals surface area contributed by atoms with Gasteiger partial charge in [0.1, 0.15) is 0 Å². The first kappa shape index (κ1) is 42.5. The van der Waals surface area contributed by atoms with Gasteiger partial charge in [0, 0.05) is 21.7 Å². The van der Waals surface area contributed by atoms with Gasteiger partial charge in [-0.3, -0.25) is 0 Å². The molecule has 4 N–H and O–H groups in total. The van der Waals surface area contributed by atoms with Crippen molar-refractivity contribution in [2.24, 2.45) is 0 Å². The molecule has 0 bridgehead atoms. The molecule has 0 heterocycles. The summed E-state index contributed by atoms with van der Waals surface area (Å²) in [6.07, 6.45) is 11.8. The summed E-state index contributed by atoms with van der Waals surface area (Å²) in [6.45, 7) is 25.7. The van der Waals surface area contributed by atoms with E-state index in [1.807, 2.05) is 0 Å². The molecule has 0 aromatic rings.